The number of aromatic nitrogens is 2. The van der Waals surface area contributed by atoms with Crippen molar-refractivity contribution in [2.24, 2.45) is 0 Å². The molecule has 0 saturated carbocycles. The van der Waals surface area contributed by atoms with Crippen LogP contribution in [0.1, 0.15) is 11.6 Å². The first-order valence-electron chi connectivity index (χ1n) is 6.35. The van der Waals surface area contributed by atoms with Gasteiger partial charge in [0.2, 0.25) is 17.7 Å². The lowest BCUT2D eigenvalue weighted by atomic mass is 10.1. The number of nitrogens with zero attached hydrogens (tertiary/aromatic N) is 2. The van der Waals surface area contributed by atoms with Gasteiger partial charge in [-0.25, -0.2) is 13.8 Å². The molecule has 2 N–H and O–H groups in total. The average molecular weight is 308 g/mol. The molecule has 0 radical (unpaired) electrons. The van der Waals surface area contributed by atoms with Crippen molar-refractivity contribution in [2.75, 3.05) is 19.5 Å². The van der Waals surface area contributed by atoms with E-state index in [0.29, 0.717) is 5.88 Å². The number of benzene rings is 1. The van der Waals surface area contributed by atoms with E-state index >= 15 is 0 Å². The van der Waals surface area contributed by atoms with Crippen LogP contribution in [-0.2, 0) is 4.79 Å². The van der Waals surface area contributed by atoms with Crippen molar-refractivity contribution >= 4 is 11.9 Å². The number of ether oxygens (including phenoxy) is 1. The van der Waals surface area contributed by atoms with Crippen LogP contribution in [0.15, 0.2) is 30.5 Å². The minimum absolute atomic E-state index is 0.123. The van der Waals surface area contributed by atoms with Gasteiger partial charge in [-0.1, -0.05) is 6.07 Å². The van der Waals surface area contributed by atoms with Gasteiger partial charge < -0.3 is 15.4 Å². The Morgan fingerprint density at radius 2 is 2.05 bits per heavy atom. The second kappa shape index (κ2) is 6.79. The maximum absolute atomic E-state index is 13.4. The molecule has 1 aromatic heterocycles. The van der Waals surface area contributed by atoms with Crippen molar-refractivity contribution in [1.82, 2.24) is 15.3 Å². The highest BCUT2D eigenvalue weighted by Crippen LogP contribution is 2.21. The first-order chi connectivity index (χ1) is 10.5. The fraction of sp³-hybridized carbons (Fsp3) is 0.214. The summed E-state index contributed by atoms with van der Waals surface area (Å²) >= 11 is 0. The predicted octanol–water partition coefficient (Wildman–Crippen LogP) is 1.66. The summed E-state index contributed by atoms with van der Waals surface area (Å²) in [7, 11) is 2.88. The van der Waals surface area contributed by atoms with E-state index in [4.69, 9.17) is 4.74 Å². The molecule has 0 aliphatic rings. The van der Waals surface area contributed by atoms with Gasteiger partial charge in [0.1, 0.15) is 6.04 Å². The number of amides is 1. The molecule has 0 spiro atoms. The molecule has 6 nitrogen and oxygen atoms in total. The fourth-order valence-corrected chi connectivity index (χ4v) is 1.79. The van der Waals surface area contributed by atoms with Crippen LogP contribution < -0.4 is 15.4 Å². The topological polar surface area (TPSA) is 76.1 Å². The van der Waals surface area contributed by atoms with E-state index in [1.54, 1.807) is 0 Å². The van der Waals surface area contributed by atoms with E-state index in [2.05, 4.69) is 20.6 Å². The Bertz CT molecular complexity index is 682. The van der Waals surface area contributed by atoms with Crippen LogP contribution in [0.4, 0.5) is 14.7 Å². The van der Waals surface area contributed by atoms with E-state index in [-0.39, 0.29) is 11.5 Å². The summed E-state index contributed by atoms with van der Waals surface area (Å²) in [6, 6.07) is 3.77. The quantitative estimate of drug-likeness (QED) is 0.878. The Kier molecular flexibility index (Phi) is 4.82. The van der Waals surface area contributed by atoms with Crippen LogP contribution in [0.3, 0.4) is 0 Å². The highest BCUT2D eigenvalue weighted by molar-refractivity contribution is 5.85. The van der Waals surface area contributed by atoms with Crippen molar-refractivity contribution in [3.8, 4) is 5.88 Å². The minimum atomic E-state index is -1.04. The molecule has 1 amide bonds. The van der Waals surface area contributed by atoms with E-state index in [0.717, 1.165) is 12.1 Å². The number of carbonyl (C=O) groups is 1. The molecule has 0 aliphatic carbocycles. The molecular formula is C14H14F2N4O2. The van der Waals surface area contributed by atoms with Crippen molar-refractivity contribution in [3.63, 3.8) is 0 Å². The normalized spacial score (nSPS) is 11.6. The smallest absolute Gasteiger partial charge is 0.246 e. The first-order valence-corrected chi connectivity index (χ1v) is 6.35. The second-order valence-corrected chi connectivity index (χ2v) is 4.29. The summed E-state index contributed by atoms with van der Waals surface area (Å²) in [5, 5.41) is 5.21. The third kappa shape index (κ3) is 3.46. The molecule has 0 saturated heterocycles. The lowest BCUT2D eigenvalue weighted by Crippen LogP contribution is -2.31. The Morgan fingerprint density at radius 3 is 2.68 bits per heavy atom. The molecule has 0 fully saturated rings. The van der Waals surface area contributed by atoms with E-state index in [9.17, 15) is 13.6 Å². The van der Waals surface area contributed by atoms with Crippen LogP contribution >= 0.6 is 0 Å². The van der Waals surface area contributed by atoms with Gasteiger partial charge in [0, 0.05) is 19.3 Å². The largest absolute Gasteiger partial charge is 0.481 e. The van der Waals surface area contributed by atoms with Gasteiger partial charge >= 0.3 is 0 Å². The second-order valence-electron chi connectivity index (χ2n) is 4.29. The van der Waals surface area contributed by atoms with Gasteiger partial charge in [0.05, 0.1) is 7.11 Å². The third-order valence-electron chi connectivity index (χ3n) is 2.90. The van der Waals surface area contributed by atoms with Crippen LogP contribution in [0.5, 0.6) is 5.88 Å². The molecule has 1 heterocycles. The molecule has 2 rings (SSSR count). The first kappa shape index (κ1) is 15.6. The van der Waals surface area contributed by atoms with E-state index in [1.165, 1.54) is 32.5 Å². The molecule has 1 unspecified atom stereocenters. The number of likely N-dealkylation sites (N-methyl/N-ethyl adjacent to an activating group) is 1. The monoisotopic (exact) mass is 308 g/mol. The Balaban J connectivity index is 2.33. The number of nitrogens with one attached hydrogen (secondary N) is 2. The lowest BCUT2D eigenvalue weighted by molar-refractivity contribution is -0.121. The molecule has 0 aliphatic heterocycles. The Morgan fingerprint density at radius 1 is 1.27 bits per heavy atom. The van der Waals surface area contributed by atoms with Crippen LogP contribution in [0, 0.1) is 11.6 Å². The zero-order valence-electron chi connectivity index (χ0n) is 11.9. The zero-order chi connectivity index (χ0) is 16.1. The number of methoxy groups -OCH3 is 1. The number of anilines is 1. The van der Waals surface area contributed by atoms with Crippen molar-refractivity contribution in [2.45, 2.75) is 6.04 Å². The van der Waals surface area contributed by atoms with Crippen LogP contribution in [0.25, 0.3) is 0 Å². The van der Waals surface area contributed by atoms with Gasteiger partial charge in [-0.15, -0.1) is 0 Å². The average Bonchev–Trinajstić information content (AvgIpc) is 2.54. The Hall–Kier alpha value is -2.77. The van der Waals surface area contributed by atoms with Crippen molar-refractivity contribution < 1.29 is 18.3 Å². The summed E-state index contributed by atoms with van der Waals surface area (Å²) in [4.78, 5) is 20.0. The predicted molar refractivity (Wildman–Crippen MR) is 75.4 cm³/mol. The van der Waals surface area contributed by atoms with Crippen LogP contribution in [-0.4, -0.2) is 30.0 Å². The van der Waals surface area contributed by atoms with Gasteiger partial charge in [0.15, 0.2) is 11.6 Å². The van der Waals surface area contributed by atoms with E-state index in [1.807, 2.05) is 0 Å². The summed E-state index contributed by atoms with van der Waals surface area (Å²) in [5.41, 5.74) is 0.240. The fourth-order valence-electron chi connectivity index (χ4n) is 1.79. The molecule has 1 atom stereocenters. The molecule has 116 valence electrons. The molecular weight excluding hydrogens is 294 g/mol. The van der Waals surface area contributed by atoms with Crippen molar-refractivity contribution in [3.05, 3.63) is 47.7 Å². The van der Waals surface area contributed by atoms with Crippen LogP contribution in [0.2, 0.25) is 0 Å². The molecule has 22 heavy (non-hydrogen) atoms. The number of rotatable bonds is 5. The van der Waals surface area contributed by atoms with Gasteiger partial charge in [-0.2, -0.15) is 4.98 Å². The number of carbonyl (C=O) groups excluding carboxylic acids is 1. The van der Waals surface area contributed by atoms with Gasteiger partial charge in [-0.3, -0.25) is 4.79 Å². The minimum Gasteiger partial charge on any atom is -0.481 e. The highest BCUT2D eigenvalue weighted by Gasteiger charge is 2.22. The van der Waals surface area contributed by atoms with Gasteiger partial charge in [-0.05, 0) is 17.7 Å². The maximum atomic E-state index is 13.4. The van der Waals surface area contributed by atoms with Gasteiger partial charge in [0.25, 0.3) is 0 Å². The highest BCUT2D eigenvalue weighted by atomic mass is 19.2. The van der Waals surface area contributed by atoms with E-state index < -0.39 is 23.6 Å². The molecule has 8 heteroatoms. The standard InChI is InChI=1S/C14H14F2N4O2/c1-17-13(21)12(8-3-4-9(15)10(16)7-8)20-14-18-6-5-11(19-14)22-2/h3-7,12H,1-2H3,(H,17,21)(H,18,19,20). The number of hydrogen-bond acceptors (Lipinski definition) is 5. The molecule has 1 aromatic carbocycles. The molecule has 0 bridgehead atoms. The lowest BCUT2D eigenvalue weighted by Gasteiger charge is -2.18. The maximum Gasteiger partial charge on any atom is 0.246 e. The zero-order valence-corrected chi connectivity index (χ0v) is 11.9. The summed E-state index contributed by atoms with van der Waals surface area (Å²) < 4.78 is 31.4. The molecule has 2 aromatic rings. The SMILES string of the molecule is CNC(=O)C(Nc1nccc(OC)n1)c1ccc(F)c(F)c1. The summed E-state index contributed by atoms with van der Waals surface area (Å²) in [5.74, 6) is -2.05. The summed E-state index contributed by atoms with van der Waals surface area (Å²) in [6.45, 7) is 0. The third-order valence-corrected chi connectivity index (χ3v) is 2.90. The van der Waals surface area contributed by atoms with Crippen molar-refractivity contribution in [1.29, 1.82) is 0 Å². The Labute approximate surface area is 125 Å². The number of hydrogen-bond donors (Lipinski definition) is 2. The summed E-state index contributed by atoms with van der Waals surface area (Å²) in [6.07, 6.45) is 1.44. The number of halogens is 2.